The number of aromatic hydroxyl groups is 3. The molecular formula is C13H18O5. The lowest BCUT2D eigenvalue weighted by Crippen LogP contribution is -2.09. The second kappa shape index (κ2) is 5.16. The van der Waals surface area contributed by atoms with Gasteiger partial charge in [0.15, 0.2) is 11.5 Å². The first-order chi connectivity index (χ1) is 8.32. The number of carbonyl (C=O) groups is 1. The molecule has 0 spiro atoms. The van der Waals surface area contributed by atoms with Crippen LogP contribution in [0.4, 0.5) is 0 Å². The van der Waals surface area contributed by atoms with E-state index in [0.29, 0.717) is 12.8 Å². The fourth-order valence-electron chi connectivity index (χ4n) is 2.08. The maximum Gasteiger partial charge on any atom is 0.336 e. The molecule has 0 aliphatic heterocycles. The molecule has 0 saturated carbocycles. The largest absolute Gasteiger partial charge is 0.504 e. The number of hydrogen-bond donors (Lipinski definition) is 4. The van der Waals surface area contributed by atoms with Crippen LogP contribution in [0.2, 0.25) is 0 Å². The van der Waals surface area contributed by atoms with E-state index in [1.807, 2.05) is 6.92 Å². The normalized spacial score (nSPS) is 10.9. The van der Waals surface area contributed by atoms with E-state index in [0.717, 1.165) is 0 Å². The van der Waals surface area contributed by atoms with E-state index in [1.165, 1.54) is 0 Å². The van der Waals surface area contributed by atoms with E-state index >= 15 is 0 Å². The van der Waals surface area contributed by atoms with Gasteiger partial charge in [-0.3, -0.25) is 0 Å². The van der Waals surface area contributed by atoms with Crippen molar-refractivity contribution in [1.82, 2.24) is 0 Å². The molecular weight excluding hydrogens is 236 g/mol. The second-order valence-corrected chi connectivity index (χ2v) is 4.52. The van der Waals surface area contributed by atoms with Gasteiger partial charge in [-0.15, -0.1) is 0 Å². The van der Waals surface area contributed by atoms with Crippen molar-refractivity contribution < 1.29 is 25.2 Å². The third-order valence-electron chi connectivity index (χ3n) is 2.85. The zero-order valence-corrected chi connectivity index (χ0v) is 10.7. The quantitative estimate of drug-likeness (QED) is 0.619. The lowest BCUT2D eigenvalue weighted by molar-refractivity contribution is 0.0692. The molecule has 0 saturated heterocycles. The molecule has 1 rings (SSSR count). The molecule has 0 fully saturated rings. The van der Waals surface area contributed by atoms with E-state index in [1.54, 1.807) is 13.8 Å². The summed E-state index contributed by atoms with van der Waals surface area (Å²) in [5, 5.41) is 38.5. The highest BCUT2D eigenvalue weighted by Crippen LogP contribution is 2.46. The van der Waals surface area contributed by atoms with Crippen molar-refractivity contribution in [3.05, 3.63) is 16.7 Å². The molecule has 4 N–H and O–H groups in total. The smallest absolute Gasteiger partial charge is 0.336 e. The Morgan fingerprint density at radius 1 is 1.11 bits per heavy atom. The topological polar surface area (TPSA) is 98.0 Å². The number of carboxylic acids is 1. The Morgan fingerprint density at radius 3 is 2.06 bits per heavy atom. The van der Waals surface area contributed by atoms with Gasteiger partial charge in [-0.2, -0.15) is 0 Å². The number of benzene rings is 1. The number of aromatic carboxylic acids is 1. The van der Waals surface area contributed by atoms with Crippen molar-refractivity contribution >= 4 is 5.97 Å². The summed E-state index contributed by atoms with van der Waals surface area (Å²) in [5.41, 5.74) is 0.213. The summed E-state index contributed by atoms with van der Waals surface area (Å²) in [6.07, 6.45) is 0.941. The Hall–Kier alpha value is -1.91. The summed E-state index contributed by atoms with van der Waals surface area (Å²) in [5.74, 6) is -3.24. The third kappa shape index (κ3) is 2.20. The van der Waals surface area contributed by atoms with Crippen LogP contribution in [0, 0.1) is 0 Å². The maximum absolute atomic E-state index is 11.3. The average molecular weight is 254 g/mol. The number of hydrogen-bond acceptors (Lipinski definition) is 4. The average Bonchev–Trinajstić information content (AvgIpc) is 2.28. The van der Waals surface area contributed by atoms with Gasteiger partial charge in [0.05, 0.1) is 5.56 Å². The molecule has 0 bridgehead atoms. The Balaban J connectivity index is 3.74. The Kier molecular flexibility index (Phi) is 4.06. The minimum Gasteiger partial charge on any atom is -0.504 e. The lowest BCUT2D eigenvalue weighted by atomic mass is 9.89. The van der Waals surface area contributed by atoms with Crippen molar-refractivity contribution in [2.24, 2.45) is 0 Å². The van der Waals surface area contributed by atoms with Gasteiger partial charge in [0.25, 0.3) is 0 Å². The number of phenols is 3. The summed E-state index contributed by atoms with van der Waals surface area (Å²) in [6.45, 7) is 5.27. The van der Waals surface area contributed by atoms with Crippen molar-refractivity contribution in [2.75, 3.05) is 0 Å². The van der Waals surface area contributed by atoms with E-state index in [2.05, 4.69) is 0 Å². The highest BCUT2D eigenvalue weighted by atomic mass is 16.4. The standard InChI is InChI=1S/C13H18O5/c1-4-5-7-9(13(17)18)8(6(2)3)11(15)12(16)10(7)14/h6,14-16H,4-5H2,1-3H3,(H,17,18). The van der Waals surface area contributed by atoms with Gasteiger partial charge >= 0.3 is 5.97 Å². The molecule has 1 aromatic rings. The Morgan fingerprint density at radius 2 is 1.67 bits per heavy atom. The summed E-state index contributed by atoms with van der Waals surface area (Å²) in [7, 11) is 0. The third-order valence-corrected chi connectivity index (χ3v) is 2.85. The molecule has 0 aliphatic carbocycles. The second-order valence-electron chi connectivity index (χ2n) is 4.52. The Bertz CT molecular complexity index is 477. The number of phenolic OH excluding ortho intramolecular Hbond substituents is 3. The first-order valence-electron chi connectivity index (χ1n) is 5.85. The molecule has 100 valence electrons. The zero-order valence-electron chi connectivity index (χ0n) is 10.7. The molecule has 0 heterocycles. The van der Waals surface area contributed by atoms with Crippen LogP contribution >= 0.6 is 0 Å². The van der Waals surface area contributed by atoms with Crippen LogP contribution in [0.15, 0.2) is 0 Å². The van der Waals surface area contributed by atoms with Gasteiger partial charge in [-0.05, 0) is 12.3 Å². The molecule has 1 aromatic carbocycles. The molecule has 0 aromatic heterocycles. The maximum atomic E-state index is 11.3. The summed E-state index contributed by atoms with van der Waals surface area (Å²) in [4.78, 5) is 11.3. The minimum atomic E-state index is -1.22. The minimum absolute atomic E-state index is 0.111. The predicted octanol–water partition coefficient (Wildman–Crippen LogP) is 2.58. The molecule has 0 unspecified atom stereocenters. The van der Waals surface area contributed by atoms with Gasteiger partial charge in [0, 0.05) is 11.1 Å². The van der Waals surface area contributed by atoms with Gasteiger partial charge in [0.1, 0.15) is 0 Å². The van der Waals surface area contributed by atoms with Crippen LogP contribution < -0.4 is 0 Å². The van der Waals surface area contributed by atoms with Crippen LogP contribution in [0.1, 0.15) is 54.6 Å². The van der Waals surface area contributed by atoms with Gasteiger partial charge in [0.2, 0.25) is 5.75 Å². The molecule has 5 nitrogen and oxygen atoms in total. The first-order valence-corrected chi connectivity index (χ1v) is 5.85. The molecule has 0 amide bonds. The molecule has 0 radical (unpaired) electrons. The van der Waals surface area contributed by atoms with Crippen molar-refractivity contribution in [2.45, 2.75) is 39.5 Å². The van der Waals surface area contributed by atoms with Crippen LogP contribution in [-0.2, 0) is 6.42 Å². The Labute approximate surface area is 105 Å². The van der Waals surface area contributed by atoms with Crippen LogP contribution in [-0.4, -0.2) is 26.4 Å². The van der Waals surface area contributed by atoms with Crippen molar-refractivity contribution in [1.29, 1.82) is 0 Å². The van der Waals surface area contributed by atoms with Gasteiger partial charge in [-0.1, -0.05) is 27.2 Å². The first kappa shape index (κ1) is 14.2. The summed E-state index contributed by atoms with van der Waals surface area (Å²) in [6, 6.07) is 0. The highest BCUT2D eigenvalue weighted by molar-refractivity contribution is 5.94. The van der Waals surface area contributed by atoms with E-state index in [9.17, 15) is 25.2 Å². The molecule has 18 heavy (non-hydrogen) atoms. The van der Waals surface area contributed by atoms with E-state index in [4.69, 9.17) is 0 Å². The van der Waals surface area contributed by atoms with E-state index < -0.39 is 23.2 Å². The predicted molar refractivity (Wildman–Crippen MR) is 66.5 cm³/mol. The van der Waals surface area contributed by atoms with Gasteiger partial charge < -0.3 is 20.4 Å². The van der Waals surface area contributed by atoms with Crippen LogP contribution in [0.3, 0.4) is 0 Å². The fourth-order valence-corrected chi connectivity index (χ4v) is 2.08. The van der Waals surface area contributed by atoms with Gasteiger partial charge in [-0.25, -0.2) is 4.79 Å². The SMILES string of the molecule is CCCc1c(O)c(O)c(O)c(C(C)C)c1C(=O)O. The highest BCUT2D eigenvalue weighted by Gasteiger charge is 2.28. The van der Waals surface area contributed by atoms with Crippen molar-refractivity contribution in [3.8, 4) is 17.2 Å². The zero-order chi connectivity index (χ0) is 14.0. The fraction of sp³-hybridized carbons (Fsp3) is 0.462. The van der Waals surface area contributed by atoms with Crippen LogP contribution in [0.5, 0.6) is 17.2 Å². The van der Waals surface area contributed by atoms with E-state index in [-0.39, 0.29) is 22.6 Å². The van der Waals surface area contributed by atoms with Crippen LogP contribution in [0.25, 0.3) is 0 Å². The number of rotatable bonds is 4. The van der Waals surface area contributed by atoms with Crippen molar-refractivity contribution in [3.63, 3.8) is 0 Å². The molecule has 5 heteroatoms. The number of carboxylic acid groups (broad SMARTS) is 1. The molecule has 0 atom stereocenters. The molecule has 0 aliphatic rings. The summed E-state index contributed by atoms with van der Waals surface area (Å²) < 4.78 is 0. The monoisotopic (exact) mass is 254 g/mol. The summed E-state index contributed by atoms with van der Waals surface area (Å²) >= 11 is 0. The lowest BCUT2D eigenvalue weighted by Gasteiger charge is -2.18.